The quantitative estimate of drug-likeness (QED) is 0.547. The van der Waals surface area contributed by atoms with Crippen LogP contribution in [0.15, 0.2) is 0 Å². The molecule has 2 unspecified atom stereocenters. The molecule has 0 saturated carbocycles. The van der Waals surface area contributed by atoms with Crippen LogP contribution < -0.4 is 5.32 Å². The highest BCUT2D eigenvalue weighted by atomic mass is 16.5. The topological polar surface area (TPSA) is 58.6 Å². The zero-order chi connectivity index (χ0) is 8.85. The second kappa shape index (κ2) is 5.09. The highest BCUT2D eigenvalue weighted by molar-refractivity contribution is 5.75. The van der Waals surface area contributed by atoms with Gasteiger partial charge in [-0.25, -0.2) is 0 Å². The van der Waals surface area contributed by atoms with Crippen molar-refractivity contribution < 1.29 is 14.6 Å². The largest absolute Gasteiger partial charge is 0.468 e. The number of esters is 1. The lowest BCUT2D eigenvalue weighted by Gasteiger charge is -2.12. The summed E-state index contributed by atoms with van der Waals surface area (Å²) < 4.78 is 4.46. The van der Waals surface area contributed by atoms with Crippen LogP contribution in [0.3, 0.4) is 0 Å². The first-order valence-electron chi connectivity index (χ1n) is 3.57. The van der Waals surface area contributed by atoms with Gasteiger partial charge in [0.15, 0.2) is 0 Å². The van der Waals surface area contributed by atoms with E-state index >= 15 is 0 Å². The standard InChI is InChI=1S/C7H15NO3/c1-5(9)4-8-6(2)7(10)11-3/h5-6,8-9H,4H2,1-3H3. The van der Waals surface area contributed by atoms with Gasteiger partial charge in [0.2, 0.25) is 0 Å². The van der Waals surface area contributed by atoms with E-state index in [1.807, 2.05) is 0 Å². The maximum Gasteiger partial charge on any atom is 0.322 e. The Morgan fingerprint density at radius 3 is 2.55 bits per heavy atom. The molecule has 4 heteroatoms. The van der Waals surface area contributed by atoms with E-state index in [0.29, 0.717) is 6.54 Å². The molecule has 0 aromatic heterocycles. The summed E-state index contributed by atoms with van der Waals surface area (Å²) in [5.74, 6) is -0.314. The van der Waals surface area contributed by atoms with Crippen molar-refractivity contribution in [2.75, 3.05) is 13.7 Å². The highest BCUT2D eigenvalue weighted by Gasteiger charge is 2.11. The fraction of sp³-hybridized carbons (Fsp3) is 0.857. The van der Waals surface area contributed by atoms with Crippen molar-refractivity contribution in [3.63, 3.8) is 0 Å². The van der Waals surface area contributed by atoms with Crippen LogP contribution in [-0.2, 0) is 9.53 Å². The fourth-order valence-electron chi connectivity index (χ4n) is 0.607. The van der Waals surface area contributed by atoms with Crippen molar-refractivity contribution in [1.29, 1.82) is 0 Å². The number of aliphatic hydroxyl groups is 1. The zero-order valence-electron chi connectivity index (χ0n) is 7.13. The van der Waals surface area contributed by atoms with Crippen molar-refractivity contribution >= 4 is 5.97 Å². The Kier molecular flexibility index (Phi) is 4.81. The summed E-state index contributed by atoms with van der Waals surface area (Å²) in [6.45, 7) is 3.74. The first-order valence-corrected chi connectivity index (χ1v) is 3.57. The molecule has 0 aromatic carbocycles. The van der Waals surface area contributed by atoms with E-state index in [4.69, 9.17) is 5.11 Å². The average molecular weight is 161 g/mol. The van der Waals surface area contributed by atoms with Gasteiger partial charge in [-0.05, 0) is 13.8 Å². The summed E-state index contributed by atoms with van der Waals surface area (Å²) >= 11 is 0. The Morgan fingerprint density at radius 1 is 1.64 bits per heavy atom. The van der Waals surface area contributed by atoms with Gasteiger partial charge in [0.1, 0.15) is 6.04 Å². The number of carbonyl (C=O) groups excluding carboxylic acids is 1. The van der Waals surface area contributed by atoms with E-state index in [-0.39, 0.29) is 12.0 Å². The van der Waals surface area contributed by atoms with Crippen LogP contribution in [0.2, 0.25) is 0 Å². The lowest BCUT2D eigenvalue weighted by Crippen LogP contribution is -2.38. The Morgan fingerprint density at radius 2 is 2.18 bits per heavy atom. The summed E-state index contributed by atoms with van der Waals surface area (Å²) in [7, 11) is 1.34. The molecule has 0 radical (unpaired) electrons. The summed E-state index contributed by atoms with van der Waals surface area (Å²) in [4.78, 5) is 10.8. The van der Waals surface area contributed by atoms with Gasteiger partial charge < -0.3 is 15.2 Å². The summed E-state index contributed by atoms with van der Waals surface area (Å²) in [5, 5.41) is 11.6. The van der Waals surface area contributed by atoms with Gasteiger partial charge in [0.05, 0.1) is 13.2 Å². The maximum absolute atomic E-state index is 10.8. The molecule has 0 aliphatic rings. The molecule has 0 rings (SSSR count). The van der Waals surface area contributed by atoms with E-state index < -0.39 is 6.10 Å². The fourth-order valence-corrected chi connectivity index (χ4v) is 0.607. The molecule has 0 amide bonds. The number of methoxy groups -OCH3 is 1. The average Bonchev–Trinajstić information content (AvgIpc) is 1.98. The minimum Gasteiger partial charge on any atom is -0.468 e. The van der Waals surface area contributed by atoms with Gasteiger partial charge in [-0.15, -0.1) is 0 Å². The van der Waals surface area contributed by atoms with Gasteiger partial charge >= 0.3 is 5.97 Å². The Hall–Kier alpha value is -0.610. The number of rotatable bonds is 4. The number of aliphatic hydroxyl groups excluding tert-OH is 1. The lowest BCUT2D eigenvalue weighted by molar-refractivity contribution is -0.142. The molecule has 0 spiro atoms. The van der Waals surface area contributed by atoms with E-state index in [1.165, 1.54) is 7.11 Å². The molecule has 0 aromatic rings. The third-order valence-corrected chi connectivity index (χ3v) is 1.27. The van der Waals surface area contributed by atoms with Gasteiger partial charge in [-0.1, -0.05) is 0 Å². The number of ether oxygens (including phenoxy) is 1. The second-order valence-electron chi connectivity index (χ2n) is 2.50. The molecule has 11 heavy (non-hydrogen) atoms. The second-order valence-corrected chi connectivity index (χ2v) is 2.50. The Balaban J connectivity index is 3.52. The molecule has 66 valence electrons. The minimum absolute atomic E-state index is 0.314. The van der Waals surface area contributed by atoms with Gasteiger partial charge in [0, 0.05) is 6.54 Å². The first-order chi connectivity index (χ1) is 5.07. The summed E-state index contributed by atoms with van der Waals surface area (Å²) in [6, 6.07) is -0.352. The zero-order valence-corrected chi connectivity index (χ0v) is 7.13. The third kappa shape index (κ3) is 4.75. The van der Waals surface area contributed by atoms with Crippen molar-refractivity contribution in [3.8, 4) is 0 Å². The van der Waals surface area contributed by atoms with Crippen LogP contribution in [0.25, 0.3) is 0 Å². The Labute approximate surface area is 66.5 Å². The van der Waals surface area contributed by atoms with Gasteiger partial charge in [-0.2, -0.15) is 0 Å². The number of hydrogen-bond acceptors (Lipinski definition) is 4. The van der Waals surface area contributed by atoms with Crippen LogP contribution in [0.4, 0.5) is 0 Å². The first kappa shape index (κ1) is 10.4. The van der Waals surface area contributed by atoms with E-state index in [0.717, 1.165) is 0 Å². The molecule has 0 saturated heterocycles. The van der Waals surface area contributed by atoms with Crippen LogP contribution in [-0.4, -0.2) is 36.9 Å². The van der Waals surface area contributed by atoms with Crippen molar-refractivity contribution in [3.05, 3.63) is 0 Å². The van der Waals surface area contributed by atoms with Crippen LogP contribution in [0.1, 0.15) is 13.8 Å². The molecule has 2 N–H and O–H groups in total. The third-order valence-electron chi connectivity index (χ3n) is 1.27. The molecule has 0 bridgehead atoms. The predicted octanol–water partition coefficient (Wildman–Crippen LogP) is -0.482. The predicted molar refractivity (Wildman–Crippen MR) is 41.2 cm³/mol. The van der Waals surface area contributed by atoms with Crippen LogP contribution >= 0.6 is 0 Å². The normalized spacial score (nSPS) is 15.6. The molecular formula is C7H15NO3. The van der Waals surface area contributed by atoms with Crippen LogP contribution in [0, 0.1) is 0 Å². The van der Waals surface area contributed by atoms with E-state index in [2.05, 4.69) is 10.1 Å². The van der Waals surface area contributed by atoms with Crippen LogP contribution in [0.5, 0.6) is 0 Å². The molecule has 2 atom stereocenters. The van der Waals surface area contributed by atoms with Crippen molar-refractivity contribution in [2.24, 2.45) is 0 Å². The van der Waals surface area contributed by atoms with Gasteiger partial charge in [-0.3, -0.25) is 4.79 Å². The van der Waals surface area contributed by atoms with Gasteiger partial charge in [0.25, 0.3) is 0 Å². The highest BCUT2D eigenvalue weighted by Crippen LogP contribution is 1.86. The number of nitrogens with one attached hydrogen (secondary N) is 1. The van der Waals surface area contributed by atoms with E-state index in [1.54, 1.807) is 13.8 Å². The molecule has 0 heterocycles. The Bertz CT molecular complexity index is 125. The molecule has 0 aliphatic carbocycles. The van der Waals surface area contributed by atoms with Crippen molar-refractivity contribution in [2.45, 2.75) is 26.0 Å². The monoisotopic (exact) mass is 161 g/mol. The molecular weight excluding hydrogens is 146 g/mol. The minimum atomic E-state index is -0.442. The lowest BCUT2D eigenvalue weighted by atomic mass is 10.3. The molecule has 0 fully saturated rings. The van der Waals surface area contributed by atoms with E-state index in [9.17, 15) is 4.79 Å². The maximum atomic E-state index is 10.8. The molecule has 4 nitrogen and oxygen atoms in total. The summed E-state index contributed by atoms with van der Waals surface area (Å²) in [6.07, 6.45) is -0.442. The van der Waals surface area contributed by atoms with Crippen molar-refractivity contribution in [1.82, 2.24) is 5.32 Å². The number of carbonyl (C=O) groups is 1. The SMILES string of the molecule is COC(=O)C(C)NCC(C)O. The summed E-state index contributed by atoms with van der Waals surface area (Å²) in [5.41, 5.74) is 0. The smallest absolute Gasteiger partial charge is 0.322 e. The molecule has 0 aliphatic heterocycles. The number of hydrogen-bond donors (Lipinski definition) is 2.